The maximum absolute atomic E-state index is 5.90. The minimum absolute atomic E-state index is 0.215. The lowest BCUT2D eigenvalue weighted by Crippen LogP contribution is -2.19. The van der Waals surface area contributed by atoms with Gasteiger partial charge >= 0.3 is 0 Å². The first-order valence-electron chi connectivity index (χ1n) is 5.93. The Hall–Kier alpha value is -1.45. The minimum Gasteiger partial charge on any atom is -0.330 e. The van der Waals surface area contributed by atoms with Gasteiger partial charge in [-0.3, -0.25) is 0 Å². The summed E-state index contributed by atoms with van der Waals surface area (Å²) in [5.41, 5.74) is 8.18. The van der Waals surface area contributed by atoms with Crippen LogP contribution in [0, 0.1) is 0 Å². The Morgan fingerprint density at radius 3 is 2.28 bits per heavy atom. The van der Waals surface area contributed by atoms with Crippen molar-refractivity contribution in [2.45, 2.75) is 18.8 Å². The van der Waals surface area contributed by atoms with Crippen LogP contribution in [-0.4, -0.2) is 16.5 Å². The molecule has 1 aromatic heterocycles. The molecular formula is C14H16ClN3. The molecule has 2 atom stereocenters. The van der Waals surface area contributed by atoms with Crippen molar-refractivity contribution in [3.8, 4) is 0 Å². The fourth-order valence-electron chi connectivity index (χ4n) is 2.13. The number of hydrogen-bond donors (Lipinski definition) is 1. The number of hydrogen-bond acceptors (Lipinski definition) is 3. The third-order valence-electron chi connectivity index (χ3n) is 3.26. The van der Waals surface area contributed by atoms with Gasteiger partial charge in [0.2, 0.25) is 0 Å². The molecule has 0 bridgehead atoms. The summed E-state index contributed by atoms with van der Waals surface area (Å²) in [4.78, 5) is 8.11. The van der Waals surface area contributed by atoms with Crippen LogP contribution in [0.3, 0.4) is 0 Å². The zero-order valence-electron chi connectivity index (χ0n) is 10.3. The van der Waals surface area contributed by atoms with Crippen molar-refractivity contribution in [3.63, 3.8) is 0 Å². The number of aromatic nitrogens is 2. The van der Waals surface area contributed by atoms with Crippen LogP contribution in [0.15, 0.2) is 43.0 Å². The molecule has 0 radical (unpaired) electrons. The Kier molecular flexibility index (Phi) is 4.28. The topological polar surface area (TPSA) is 51.8 Å². The predicted octanol–water partition coefficient (Wildman–Crippen LogP) is 2.98. The van der Waals surface area contributed by atoms with E-state index in [0.29, 0.717) is 12.5 Å². The average Bonchev–Trinajstić information content (AvgIpc) is 2.41. The quantitative estimate of drug-likeness (QED) is 0.921. The van der Waals surface area contributed by atoms with E-state index < -0.39 is 0 Å². The van der Waals surface area contributed by atoms with Gasteiger partial charge in [0.05, 0.1) is 0 Å². The van der Waals surface area contributed by atoms with Crippen LogP contribution in [-0.2, 0) is 0 Å². The normalized spacial score (nSPS) is 14.2. The molecule has 18 heavy (non-hydrogen) atoms. The van der Waals surface area contributed by atoms with Crippen molar-refractivity contribution in [1.29, 1.82) is 0 Å². The Labute approximate surface area is 112 Å². The number of nitrogens with two attached hydrogens (primary N) is 1. The fraction of sp³-hybridized carbons (Fsp3) is 0.286. The van der Waals surface area contributed by atoms with Crippen molar-refractivity contribution >= 4 is 11.6 Å². The van der Waals surface area contributed by atoms with Crippen molar-refractivity contribution in [1.82, 2.24) is 9.97 Å². The van der Waals surface area contributed by atoms with E-state index in [4.69, 9.17) is 17.3 Å². The molecule has 0 aliphatic heterocycles. The molecule has 1 aromatic carbocycles. The Morgan fingerprint density at radius 1 is 1.11 bits per heavy atom. The van der Waals surface area contributed by atoms with Gasteiger partial charge in [-0.1, -0.05) is 30.7 Å². The fourth-order valence-corrected chi connectivity index (χ4v) is 2.26. The van der Waals surface area contributed by atoms with E-state index in [2.05, 4.69) is 16.9 Å². The lowest BCUT2D eigenvalue weighted by atomic mass is 9.84. The molecule has 94 valence electrons. The SMILES string of the molecule is CC(c1ccc(Cl)cc1)C(CN)c1cncnc1. The first kappa shape index (κ1) is 13.0. The molecule has 2 rings (SSSR count). The van der Waals surface area contributed by atoms with Gasteiger partial charge in [-0.05, 0) is 35.7 Å². The van der Waals surface area contributed by atoms with Crippen LogP contribution in [0.25, 0.3) is 0 Å². The summed E-state index contributed by atoms with van der Waals surface area (Å²) in [5, 5.41) is 0.748. The van der Waals surface area contributed by atoms with E-state index in [1.165, 1.54) is 11.9 Å². The largest absolute Gasteiger partial charge is 0.330 e. The number of benzene rings is 1. The molecule has 3 nitrogen and oxygen atoms in total. The average molecular weight is 262 g/mol. The molecule has 0 saturated carbocycles. The summed E-state index contributed by atoms with van der Waals surface area (Å²) in [5.74, 6) is 0.519. The molecule has 0 amide bonds. The van der Waals surface area contributed by atoms with Crippen LogP contribution >= 0.6 is 11.6 Å². The van der Waals surface area contributed by atoms with E-state index in [1.54, 1.807) is 0 Å². The van der Waals surface area contributed by atoms with Gasteiger partial charge < -0.3 is 5.73 Å². The van der Waals surface area contributed by atoms with E-state index in [1.807, 2.05) is 36.7 Å². The molecule has 0 fully saturated rings. The maximum atomic E-state index is 5.90. The highest BCUT2D eigenvalue weighted by atomic mass is 35.5. The summed E-state index contributed by atoms with van der Waals surface area (Å²) in [6.45, 7) is 2.73. The van der Waals surface area contributed by atoms with Gasteiger partial charge in [0, 0.05) is 23.3 Å². The third-order valence-corrected chi connectivity index (χ3v) is 3.51. The monoisotopic (exact) mass is 261 g/mol. The van der Waals surface area contributed by atoms with Gasteiger partial charge in [0.15, 0.2) is 0 Å². The van der Waals surface area contributed by atoms with Gasteiger partial charge in [0.1, 0.15) is 6.33 Å². The second kappa shape index (κ2) is 5.94. The third kappa shape index (κ3) is 2.86. The molecule has 0 spiro atoms. The van der Waals surface area contributed by atoms with Crippen molar-refractivity contribution in [2.75, 3.05) is 6.54 Å². The van der Waals surface area contributed by atoms with E-state index in [9.17, 15) is 0 Å². The predicted molar refractivity (Wildman–Crippen MR) is 73.7 cm³/mol. The lowest BCUT2D eigenvalue weighted by molar-refractivity contribution is 0.580. The number of nitrogens with zero attached hydrogens (tertiary/aromatic N) is 2. The summed E-state index contributed by atoms with van der Waals surface area (Å²) >= 11 is 5.90. The zero-order chi connectivity index (χ0) is 13.0. The van der Waals surface area contributed by atoms with Gasteiger partial charge in [-0.15, -0.1) is 0 Å². The molecular weight excluding hydrogens is 246 g/mol. The van der Waals surface area contributed by atoms with Gasteiger partial charge in [0.25, 0.3) is 0 Å². The van der Waals surface area contributed by atoms with Crippen molar-refractivity contribution in [2.24, 2.45) is 5.73 Å². The Morgan fingerprint density at radius 2 is 1.72 bits per heavy atom. The minimum atomic E-state index is 0.215. The van der Waals surface area contributed by atoms with Crippen LogP contribution in [0.5, 0.6) is 0 Å². The Bertz CT molecular complexity index is 484. The molecule has 4 heteroatoms. The van der Waals surface area contributed by atoms with Crippen molar-refractivity contribution < 1.29 is 0 Å². The van der Waals surface area contributed by atoms with Crippen LogP contribution in [0.2, 0.25) is 5.02 Å². The van der Waals surface area contributed by atoms with E-state index in [-0.39, 0.29) is 5.92 Å². The summed E-state index contributed by atoms with van der Waals surface area (Å²) in [6.07, 6.45) is 5.19. The highest BCUT2D eigenvalue weighted by Crippen LogP contribution is 2.31. The molecule has 2 N–H and O–H groups in total. The number of halogens is 1. The highest BCUT2D eigenvalue weighted by Gasteiger charge is 2.19. The van der Waals surface area contributed by atoms with Gasteiger partial charge in [-0.2, -0.15) is 0 Å². The summed E-state index contributed by atoms with van der Waals surface area (Å²) in [7, 11) is 0. The first-order chi connectivity index (χ1) is 8.72. The second-order valence-electron chi connectivity index (χ2n) is 4.35. The number of rotatable bonds is 4. The highest BCUT2D eigenvalue weighted by molar-refractivity contribution is 6.30. The summed E-state index contributed by atoms with van der Waals surface area (Å²) < 4.78 is 0. The standard InChI is InChI=1S/C14H16ClN3/c1-10(11-2-4-13(15)5-3-11)14(6-16)12-7-17-9-18-8-12/h2-5,7-10,14H,6,16H2,1H3. The summed E-state index contributed by atoms with van der Waals surface area (Å²) in [6, 6.07) is 7.89. The smallest absolute Gasteiger partial charge is 0.115 e. The van der Waals surface area contributed by atoms with E-state index in [0.717, 1.165) is 10.6 Å². The van der Waals surface area contributed by atoms with Crippen LogP contribution in [0.1, 0.15) is 29.9 Å². The van der Waals surface area contributed by atoms with E-state index >= 15 is 0 Å². The van der Waals surface area contributed by atoms with Crippen LogP contribution < -0.4 is 5.73 Å². The molecule has 1 heterocycles. The zero-order valence-corrected chi connectivity index (χ0v) is 11.0. The molecule has 2 aromatic rings. The first-order valence-corrected chi connectivity index (χ1v) is 6.30. The Balaban J connectivity index is 2.25. The molecule has 0 saturated heterocycles. The molecule has 2 unspecified atom stereocenters. The second-order valence-corrected chi connectivity index (χ2v) is 4.79. The van der Waals surface area contributed by atoms with Crippen molar-refractivity contribution in [3.05, 3.63) is 59.1 Å². The van der Waals surface area contributed by atoms with Crippen LogP contribution in [0.4, 0.5) is 0 Å². The molecule has 0 aliphatic carbocycles. The van der Waals surface area contributed by atoms with Gasteiger partial charge in [-0.25, -0.2) is 9.97 Å². The lowest BCUT2D eigenvalue weighted by Gasteiger charge is -2.22. The molecule has 0 aliphatic rings. The maximum Gasteiger partial charge on any atom is 0.115 e.